The fraction of sp³-hybridized carbons (Fsp3) is 0.333. The minimum absolute atomic E-state index is 0.214. The van der Waals surface area contributed by atoms with Gasteiger partial charge in [-0.05, 0) is 42.5 Å². The Balaban J connectivity index is 1.51. The van der Waals surface area contributed by atoms with Crippen molar-refractivity contribution in [3.05, 3.63) is 59.2 Å². The lowest BCUT2D eigenvalue weighted by Crippen LogP contribution is -2.37. The molecule has 138 valence electrons. The number of benzene rings is 2. The summed E-state index contributed by atoms with van der Waals surface area (Å²) in [5.74, 6) is 1.76. The van der Waals surface area contributed by atoms with Crippen molar-refractivity contribution < 1.29 is 19.4 Å². The third-order valence-electron chi connectivity index (χ3n) is 5.27. The molecule has 0 radical (unpaired) electrons. The molecular weight excluding hydrogens is 344 g/mol. The van der Waals surface area contributed by atoms with Crippen molar-refractivity contribution in [2.75, 3.05) is 19.7 Å². The van der Waals surface area contributed by atoms with Crippen LogP contribution in [-0.4, -0.2) is 35.8 Å². The molecule has 2 aromatic rings. The van der Waals surface area contributed by atoms with Crippen LogP contribution in [0.4, 0.5) is 4.79 Å². The van der Waals surface area contributed by atoms with Crippen molar-refractivity contribution in [3.8, 4) is 17.6 Å². The normalized spacial score (nSPS) is 19.4. The highest BCUT2D eigenvalue weighted by molar-refractivity contribution is 5.65. The Morgan fingerprint density at radius 3 is 2.56 bits per heavy atom. The first-order chi connectivity index (χ1) is 13.2. The molecule has 0 aliphatic carbocycles. The fourth-order valence-corrected chi connectivity index (χ4v) is 3.77. The Hall–Kier alpha value is -3.20. The number of carboxylic acid groups (broad SMARTS) is 1. The van der Waals surface area contributed by atoms with Crippen molar-refractivity contribution in [2.45, 2.75) is 24.9 Å². The van der Waals surface area contributed by atoms with Gasteiger partial charge in [0.1, 0.15) is 6.61 Å². The summed E-state index contributed by atoms with van der Waals surface area (Å²) >= 11 is 0. The maximum Gasteiger partial charge on any atom is 0.407 e. The second kappa shape index (κ2) is 7.20. The van der Waals surface area contributed by atoms with Crippen molar-refractivity contribution in [3.63, 3.8) is 0 Å². The van der Waals surface area contributed by atoms with Gasteiger partial charge in [0.25, 0.3) is 0 Å². The summed E-state index contributed by atoms with van der Waals surface area (Å²) in [6.07, 6.45) is 0.499. The quantitative estimate of drug-likeness (QED) is 0.873. The second-order valence-corrected chi connectivity index (χ2v) is 6.87. The average Bonchev–Trinajstić information content (AvgIpc) is 2.73. The lowest BCUT2D eigenvalue weighted by atomic mass is 9.88. The summed E-state index contributed by atoms with van der Waals surface area (Å²) in [6, 6.07) is 15.4. The fourth-order valence-electron chi connectivity index (χ4n) is 3.77. The van der Waals surface area contributed by atoms with Crippen LogP contribution in [0, 0.1) is 11.3 Å². The molecule has 2 aromatic carbocycles. The first kappa shape index (κ1) is 17.2. The first-order valence-corrected chi connectivity index (χ1v) is 9.06. The molecule has 2 heterocycles. The van der Waals surface area contributed by atoms with Gasteiger partial charge >= 0.3 is 6.09 Å². The molecule has 6 nitrogen and oxygen atoms in total. The topological polar surface area (TPSA) is 82.8 Å². The van der Waals surface area contributed by atoms with Gasteiger partial charge in [-0.2, -0.15) is 5.26 Å². The minimum Gasteiger partial charge on any atom is -0.485 e. The van der Waals surface area contributed by atoms with Gasteiger partial charge in [0.2, 0.25) is 0 Å². The zero-order valence-electron chi connectivity index (χ0n) is 14.8. The van der Waals surface area contributed by atoms with Crippen LogP contribution >= 0.6 is 0 Å². The van der Waals surface area contributed by atoms with Crippen LogP contribution in [0.3, 0.4) is 0 Å². The summed E-state index contributed by atoms with van der Waals surface area (Å²) in [4.78, 5) is 12.6. The molecule has 27 heavy (non-hydrogen) atoms. The Bertz CT molecular complexity index is 880. The zero-order chi connectivity index (χ0) is 18.8. The smallest absolute Gasteiger partial charge is 0.407 e. The SMILES string of the molecule is N#Cc1ccc(C2COc3c(cccc3C3CCN(C(=O)O)CC3)O2)cc1. The highest BCUT2D eigenvalue weighted by Gasteiger charge is 2.30. The van der Waals surface area contributed by atoms with E-state index in [-0.39, 0.29) is 12.0 Å². The van der Waals surface area contributed by atoms with Gasteiger partial charge in [-0.25, -0.2) is 4.79 Å². The number of carbonyl (C=O) groups is 1. The van der Waals surface area contributed by atoms with E-state index in [1.165, 1.54) is 4.90 Å². The monoisotopic (exact) mass is 364 g/mol. The van der Waals surface area contributed by atoms with Crippen LogP contribution < -0.4 is 9.47 Å². The van der Waals surface area contributed by atoms with Crippen LogP contribution in [0.25, 0.3) is 0 Å². The van der Waals surface area contributed by atoms with Gasteiger partial charge in [0.15, 0.2) is 17.6 Å². The van der Waals surface area contributed by atoms with Gasteiger partial charge in [0.05, 0.1) is 11.6 Å². The molecule has 1 unspecified atom stereocenters. The highest BCUT2D eigenvalue weighted by atomic mass is 16.6. The highest BCUT2D eigenvalue weighted by Crippen LogP contribution is 2.44. The molecule has 0 aromatic heterocycles. The summed E-state index contributed by atoms with van der Waals surface area (Å²) in [5, 5.41) is 18.0. The molecule has 0 spiro atoms. The van der Waals surface area contributed by atoms with E-state index in [1.807, 2.05) is 30.3 Å². The Morgan fingerprint density at radius 2 is 1.89 bits per heavy atom. The summed E-state index contributed by atoms with van der Waals surface area (Å²) in [7, 11) is 0. The van der Waals surface area contributed by atoms with E-state index in [0.29, 0.717) is 31.0 Å². The van der Waals surface area contributed by atoms with Crippen molar-refractivity contribution in [1.29, 1.82) is 5.26 Å². The molecule has 1 saturated heterocycles. The number of likely N-dealkylation sites (tertiary alicyclic amines) is 1. The zero-order valence-corrected chi connectivity index (χ0v) is 14.8. The first-order valence-electron chi connectivity index (χ1n) is 9.06. The van der Waals surface area contributed by atoms with Crippen LogP contribution in [-0.2, 0) is 0 Å². The van der Waals surface area contributed by atoms with Gasteiger partial charge in [0, 0.05) is 18.7 Å². The van der Waals surface area contributed by atoms with Gasteiger partial charge in [-0.15, -0.1) is 0 Å². The number of hydrogen-bond donors (Lipinski definition) is 1. The molecule has 6 heteroatoms. The standard InChI is InChI=1S/C21H20N2O4/c22-12-14-4-6-16(7-5-14)19-13-26-20-17(2-1-3-18(20)27-19)15-8-10-23(11-9-15)21(24)25/h1-7,15,19H,8-11,13H2,(H,24,25). The number of ether oxygens (including phenoxy) is 2. The van der Waals surface area contributed by atoms with E-state index in [4.69, 9.17) is 19.8 Å². The average molecular weight is 364 g/mol. The van der Waals surface area contributed by atoms with E-state index in [2.05, 4.69) is 6.07 Å². The molecular formula is C21H20N2O4. The summed E-state index contributed by atoms with van der Waals surface area (Å²) in [5.41, 5.74) is 2.68. The number of amides is 1. The lowest BCUT2D eigenvalue weighted by molar-refractivity contribution is 0.0887. The van der Waals surface area contributed by atoms with E-state index in [1.54, 1.807) is 12.1 Å². The molecule has 1 amide bonds. The van der Waals surface area contributed by atoms with Gasteiger partial charge in [-0.3, -0.25) is 0 Å². The molecule has 4 rings (SSSR count). The molecule has 0 bridgehead atoms. The number of hydrogen-bond acceptors (Lipinski definition) is 4. The third kappa shape index (κ3) is 3.41. The van der Waals surface area contributed by atoms with Crippen molar-refractivity contribution in [1.82, 2.24) is 4.90 Å². The lowest BCUT2D eigenvalue weighted by Gasteiger charge is -2.33. The van der Waals surface area contributed by atoms with Crippen molar-refractivity contribution >= 4 is 6.09 Å². The number of rotatable bonds is 2. The molecule has 0 saturated carbocycles. The number of piperidine rings is 1. The van der Waals surface area contributed by atoms with E-state index in [9.17, 15) is 4.79 Å². The van der Waals surface area contributed by atoms with Crippen LogP contribution in [0.1, 0.15) is 41.6 Å². The summed E-state index contributed by atoms with van der Waals surface area (Å²) in [6.45, 7) is 1.49. The predicted molar refractivity (Wildman–Crippen MR) is 98.0 cm³/mol. The van der Waals surface area contributed by atoms with E-state index < -0.39 is 6.09 Å². The maximum atomic E-state index is 11.1. The molecule has 1 fully saturated rings. The summed E-state index contributed by atoms with van der Waals surface area (Å²) < 4.78 is 12.3. The number of fused-ring (bicyclic) bond motifs is 1. The van der Waals surface area contributed by atoms with Gasteiger partial charge in [-0.1, -0.05) is 24.3 Å². The molecule has 2 aliphatic rings. The van der Waals surface area contributed by atoms with Gasteiger partial charge < -0.3 is 19.5 Å². The number of nitriles is 1. The second-order valence-electron chi connectivity index (χ2n) is 6.87. The van der Waals surface area contributed by atoms with E-state index >= 15 is 0 Å². The van der Waals surface area contributed by atoms with Crippen LogP contribution in [0.2, 0.25) is 0 Å². The predicted octanol–water partition coefficient (Wildman–Crippen LogP) is 3.93. The third-order valence-corrected chi connectivity index (χ3v) is 5.27. The largest absolute Gasteiger partial charge is 0.485 e. The van der Waals surface area contributed by atoms with E-state index in [0.717, 1.165) is 29.7 Å². The Kier molecular flexibility index (Phi) is 4.59. The van der Waals surface area contributed by atoms with Crippen molar-refractivity contribution in [2.24, 2.45) is 0 Å². The van der Waals surface area contributed by atoms with Crippen LogP contribution in [0.15, 0.2) is 42.5 Å². The Labute approximate surface area is 157 Å². The number of para-hydroxylation sites is 1. The maximum absolute atomic E-state index is 11.1. The minimum atomic E-state index is -0.853. The van der Waals surface area contributed by atoms with Crippen LogP contribution in [0.5, 0.6) is 11.5 Å². The number of nitrogens with zero attached hydrogens (tertiary/aromatic N) is 2. The molecule has 1 N–H and O–H groups in total. The Morgan fingerprint density at radius 1 is 1.15 bits per heavy atom. The molecule has 2 aliphatic heterocycles. The molecule has 1 atom stereocenters.